The van der Waals surface area contributed by atoms with E-state index in [1.54, 1.807) is 57.2 Å². The van der Waals surface area contributed by atoms with E-state index < -0.39 is 29.4 Å². The first kappa shape index (κ1) is 33.3. The molecule has 3 aromatic rings. The molecule has 0 saturated heterocycles. The summed E-state index contributed by atoms with van der Waals surface area (Å²) in [6.45, 7) is 15.1. The van der Waals surface area contributed by atoms with E-state index in [0.29, 0.717) is 52.5 Å². The van der Waals surface area contributed by atoms with Crippen molar-refractivity contribution in [2.75, 3.05) is 30.6 Å². The van der Waals surface area contributed by atoms with E-state index in [2.05, 4.69) is 4.98 Å². The van der Waals surface area contributed by atoms with Crippen LogP contribution in [0.3, 0.4) is 0 Å². The van der Waals surface area contributed by atoms with Crippen LogP contribution in [0.2, 0.25) is 0 Å². The molecule has 0 N–H and O–H groups in total. The Morgan fingerprint density at radius 2 is 1.62 bits per heavy atom. The maximum Gasteiger partial charge on any atom is 0.415 e. The van der Waals surface area contributed by atoms with Crippen LogP contribution in [0.5, 0.6) is 5.75 Å². The van der Waals surface area contributed by atoms with E-state index in [-0.39, 0.29) is 6.54 Å². The summed E-state index contributed by atoms with van der Waals surface area (Å²) in [6.07, 6.45) is 1.09. The van der Waals surface area contributed by atoms with Gasteiger partial charge < -0.3 is 18.9 Å². The number of fused-ring (bicyclic) bond motifs is 1. The third-order valence-corrected chi connectivity index (χ3v) is 7.30. The van der Waals surface area contributed by atoms with Gasteiger partial charge in [-0.25, -0.2) is 14.4 Å². The molecule has 10 heteroatoms. The molecule has 0 saturated carbocycles. The number of hydrogen-bond acceptors (Lipinski definition) is 8. The van der Waals surface area contributed by atoms with Gasteiger partial charge >= 0.3 is 18.2 Å². The van der Waals surface area contributed by atoms with Gasteiger partial charge in [-0.15, -0.1) is 0 Å². The molecule has 0 fully saturated rings. The number of benzene rings is 2. The summed E-state index contributed by atoms with van der Waals surface area (Å²) in [5.41, 5.74) is 4.21. The summed E-state index contributed by atoms with van der Waals surface area (Å²) in [5, 5.41) is 0. The monoisotopic (exact) mass is 617 g/mol. The Morgan fingerprint density at radius 3 is 2.24 bits per heavy atom. The number of carbonyl (C=O) groups excluding carboxylic acids is 3. The second kappa shape index (κ2) is 12.8. The van der Waals surface area contributed by atoms with Gasteiger partial charge in [0.25, 0.3) is 0 Å². The van der Waals surface area contributed by atoms with Crippen LogP contribution >= 0.6 is 0 Å². The van der Waals surface area contributed by atoms with Crippen molar-refractivity contribution in [1.82, 2.24) is 4.98 Å². The normalized spacial score (nSPS) is 12.8. The lowest BCUT2D eigenvalue weighted by Crippen LogP contribution is -2.37. The first-order valence-corrected chi connectivity index (χ1v) is 14.9. The first-order chi connectivity index (χ1) is 21.0. The number of esters is 1. The molecule has 2 heterocycles. The summed E-state index contributed by atoms with van der Waals surface area (Å²) >= 11 is 0. The number of rotatable bonds is 6. The van der Waals surface area contributed by atoms with E-state index in [0.717, 1.165) is 16.7 Å². The maximum atomic E-state index is 14.0. The second-order valence-electron chi connectivity index (χ2n) is 13.0. The Hall–Kier alpha value is -4.60. The largest absolute Gasteiger partial charge is 0.496 e. The number of amides is 2. The van der Waals surface area contributed by atoms with Gasteiger partial charge in [-0.05, 0) is 91.1 Å². The molecule has 1 aliphatic heterocycles. The van der Waals surface area contributed by atoms with E-state index in [1.165, 1.54) is 12.0 Å². The topological polar surface area (TPSA) is 107 Å². The highest BCUT2D eigenvalue weighted by Crippen LogP contribution is 2.42. The summed E-state index contributed by atoms with van der Waals surface area (Å²) in [6, 6.07) is 10.8. The third kappa shape index (κ3) is 7.38. The minimum Gasteiger partial charge on any atom is -0.496 e. The highest BCUT2D eigenvalue weighted by atomic mass is 16.6. The van der Waals surface area contributed by atoms with E-state index >= 15 is 0 Å². The van der Waals surface area contributed by atoms with Gasteiger partial charge in [0, 0.05) is 29.4 Å². The Bertz CT molecular complexity index is 1620. The van der Waals surface area contributed by atoms with Crippen molar-refractivity contribution >= 4 is 29.5 Å². The van der Waals surface area contributed by atoms with Crippen molar-refractivity contribution in [3.05, 3.63) is 70.5 Å². The highest BCUT2D eigenvalue weighted by molar-refractivity contribution is 6.01. The molecule has 0 spiro atoms. The minimum absolute atomic E-state index is 0.0678. The molecule has 0 radical (unpaired) electrons. The summed E-state index contributed by atoms with van der Waals surface area (Å²) in [7, 11) is 2.93. The summed E-state index contributed by atoms with van der Waals surface area (Å²) in [4.78, 5) is 48.0. The number of carbonyl (C=O) groups is 3. The van der Waals surface area contributed by atoms with Crippen LogP contribution in [0.4, 0.5) is 21.0 Å². The van der Waals surface area contributed by atoms with Crippen LogP contribution in [-0.2, 0) is 27.2 Å². The molecule has 240 valence electrons. The van der Waals surface area contributed by atoms with Gasteiger partial charge in [-0.2, -0.15) is 0 Å². The third-order valence-electron chi connectivity index (χ3n) is 7.30. The number of anilines is 2. The molecular weight excluding hydrogens is 574 g/mol. The van der Waals surface area contributed by atoms with Crippen LogP contribution < -0.4 is 14.5 Å². The molecule has 45 heavy (non-hydrogen) atoms. The zero-order valence-corrected chi connectivity index (χ0v) is 27.9. The second-order valence-corrected chi connectivity index (χ2v) is 13.0. The van der Waals surface area contributed by atoms with Gasteiger partial charge in [0.15, 0.2) is 0 Å². The van der Waals surface area contributed by atoms with Crippen LogP contribution in [0.15, 0.2) is 42.6 Å². The zero-order chi connectivity index (χ0) is 33.3. The van der Waals surface area contributed by atoms with Crippen LogP contribution in [0, 0.1) is 13.8 Å². The van der Waals surface area contributed by atoms with Crippen molar-refractivity contribution in [1.29, 1.82) is 0 Å². The molecule has 2 aromatic carbocycles. The van der Waals surface area contributed by atoms with Crippen molar-refractivity contribution in [2.45, 2.75) is 79.6 Å². The first-order valence-electron chi connectivity index (χ1n) is 14.9. The highest BCUT2D eigenvalue weighted by Gasteiger charge is 2.35. The quantitative estimate of drug-likeness (QED) is 0.208. The number of pyridine rings is 1. The van der Waals surface area contributed by atoms with E-state index in [9.17, 15) is 14.4 Å². The van der Waals surface area contributed by atoms with Crippen LogP contribution in [0.25, 0.3) is 11.1 Å². The van der Waals surface area contributed by atoms with Gasteiger partial charge in [0.05, 0.1) is 43.4 Å². The van der Waals surface area contributed by atoms with E-state index in [4.69, 9.17) is 18.9 Å². The Labute approximate surface area is 265 Å². The molecule has 0 aliphatic carbocycles. The van der Waals surface area contributed by atoms with Crippen molar-refractivity contribution < 1.29 is 33.3 Å². The minimum atomic E-state index is -0.788. The van der Waals surface area contributed by atoms with Crippen LogP contribution in [-0.4, -0.2) is 55.1 Å². The SMILES string of the molecule is COC(=O)c1ccccc1-c1cc2c(c(N(Cc3ncc(C)c(OC)c3C)C(=O)OC(C)(C)C)c1)CCN2C(=O)OC(C)(C)C. The average Bonchev–Trinajstić information content (AvgIpc) is 3.39. The predicted molar refractivity (Wildman–Crippen MR) is 173 cm³/mol. The van der Waals surface area contributed by atoms with Gasteiger partial charge in [-0.1, -0.05) is 18.2 Å². The van der Waals surface area contributed by atoms with Crippen molar-refractivity contribution in [2.24, 2.45) is 0 Å². The maximum absolute atomic E-state index is 14.0. The predicted octanol–water partition coefficient (Wildman–Crippen LogP) is 7.40. The number of aromatic nitrogens is 1. The molecule has 1 aromatic heterocycles. The summed E-state index contributed by atoms with van der Waals surface area (Å²) in [5.74, 6) is 0.179. The van der Waals surface area contributed by atoms with Gasteiger partial charge in [0.1, 0.15) is 17.0 Å². The fourth-order valence-electron chi connectivity index (χ4n) is 5.35. The number of aryl methyl sites for hydroxylation is 1. The lowest BCUT2D eigenvalue weighted by atomic mass is 9.96. The smallest absolute Gasteiger partial charge is 0.415 e. The van der Waals surface area contributed by atoms with Crippen molar-refractivity contribution in [3.63, 3.8) is 0 Å². The number of hydrogen-bond donors (Lipinski definition) is 0. The van der Waals surface area contributed by atoms with Crippen LogP contribution in [0.1, 0.15) is 74.3 Å². The molecule has 10 nitrogen and oxygen atoms in total. The zero-order valence-electron chi connectivity index (χ0n) is 27.9. The fourth-order valence-corrected chi connectivity index (χ4v) is 5.35. The number of ether oxygens (including phenoxy) is 4. The van der Waals surface area contributed by atoms with Gasteiger partial charge in [0.2, 0.25) is 0 Å². The standard InChI is InChI=1S/C35H43N3O7/c1-21-19-36-27(22(2)30(21)42-9)20-38(33(41)45-35(6,7)8)29-18-23(24-13-11-12-14-25(24)31(39)43-10)17-28-26(29)15-16-37(28)32(40)44-34(3,4)5/h11-14,17-19H,15-16,20H2,1-10H3. The fraction of sp³-hybridized carbons (Fsp3) is 0.429. The van der Waals surface area contributed by atoms with E-state index in [1.807, 2.05) is 52.8 Å². The molecular formula is C35H43N3O7. The van der Waals surface area contributed by atoms with Crippen molar-refractivity contribution in [3.8, 4) is 16.9 Å². The number of methoxy groups -OCH3 is 2. The molecule has 0 bridgehead atoms. The molecule has 2 amide bonds. The molecule has 0 atom stereocenters. The summed E-state index contributed by atoms with van der Waals surface area (Å²) < 4.78 is 22.4. The Morgan fingerprint density at radius 1 is 0.956 bits per heavy atom. The molecule has 0 unspecified atom stereocenters. The molecule has 1 aliphatic rings. The average molecular weight is 618 g/mol. The lowest BCUT2D eigenvalue weighted by Gasteiger charge is -2.30. The Balaban J connectivity index is 1.98. The Kier molecular flexibility index (Phi) is 9.46. The molecule has 4 rings (SSSR count). The van der Waals surface area contributed by atoms with Gasteiger partial charge in [-0.3, -0.25) is 14.8 Å². The lowest BCUT2D eigenvalue weighted by molar-refractivity contribution is 0.0569. The number of nitrogens with zero attached hydrogens (tertiary/aromatic N) is 3.